The van der Waals surface area contributed by atoms with E-state index in [9.17, 15) is 0 Å². The van der Waals surface area contributed by atoms with Crippen LogP contribution in [0.3, 0.4) is 0 Å². The van der Waals surface area contributed by atoms with Gasteiger partial charge in [0.2, 0.25) is 0 Å². The molecular formula is C6H18Cl2N2OSi2Ti-2. The second-order valence-corrected chi connectivity index (χ2v) is 13.6. The van der Waals surface area contributed by atoms with Gasteiger partial charge in [0.1, 0.15) is 0 Å². The molecule has 0 amide bonds. The Hall–Kier alpha value is 1.61. The number of rotatable bonds is 4. The summed E-state index contributed by atoms with van der Waals surface area (Å²) in [4.78, 5) is 8.49. The van der Waals surface area contributed by atoms with E-state index in [1.54, 1.807) is 0 Å². The molecule has 0 radical (unpaired) electrons. The number of nitrogens with zero attached hydrogens (tertiary/aromatic N) is 2. The van der Waals surface area contributed by atoms with Crippen molar-refractivity contribution in [2.45, 2.75) is 26.2 Å². The number of halogens is 2. The molecule has 3 nitrogen and oxygen atoms in total. The van der Waals surface area contributed by atoms with Crippen molar-refractivity contribution in [3.8, 4) is 0 Å². The van der Waals surface area contributed by atoms with Crippen LogP contribution >= 0.6 is 18.6 Å². The fourth-order valence-electron chi connectivity index (χ4n) is 0.703. The van der Waals surface area contributed by atoms with Crippen LogP contribution in [0.25, 0.3) is 9.96 Å². The van der Waals surface area contributed by atoms with Crippen LogP contribution < -0.4 is 0 Å². The molecule has 0 unspecified atom stereocenters. The fourth-order valence-corrected chi connectivity index (χ4v) is 6.32. The van der Waals surface area contributed by atoms with E-state index >= 15 is 0 Å². The zero-order chi connectivity index (χ0) is 11.8. The molecule has 0 fully saturated rings. The molecule has 14 heavy (non-hydrogen) atoms. The molecule has 0 spiro atoms. The summed E-state index contributed by atoms with van der Waals surface area (Å²) in [6, 6.07) is 0. The summed E-state index contributed by atoms with van der Waals surface area (Å²) in [7, 11) is 9.95. The van der Waals surface area contributed by atoms with E-state index in [4.69, 9.17) is 22.7 Å². The summed E-state index contributed by atoms with van der Waals surface area (Å²) in [5.74, 6) is 0. The van der Waals surface area contributed by atoms with Crippen LogP contribution in [-0.4, -0.2) is 31.1 Å². The molecule has 0 aliphatic heterocycles. The molecule has 0 heterocycles. The van der Waals surface area contributed by atoms with Gasteiger partial charge in [-0.2, -0.15) is 14.1 Å². The Kier molecular flexibility index (Phi) is 11.2. The van der Waals surface area contributed by atoms with Gasteiger partial charge < -0.3 is 14.1 Å². The first-order valence-corrected chi connectivity index (χ1v) is 14.1. The normalized spacial score (nSPS) is 11.7. The molecule has 0 saturated heterocycles. The van der Waals surface area contributed by atoms with Gasteiger partial charge in [-0.25, -0.2) is 0 Å². The molecule has 0 atom stereocenters. The summed E-state index contributed by atoms with van der Waals surface area (Å²) < 4.78 is 5.87. The molecule has 0 rings (SSSR count). The van der Waals surface area contributed by atoms with Gasteiger partial charge in [-0.05, 0) is 0 Å². The second kappa shape index (κ2) is 8.72. The van der Waals surface area contributed by atoms with Crippen molar-refractivity contribution < 1.29 is 21.1 Å². The summed E-state index contributed by atoms with van der Waals surface area (Å²) in [5.41, 5.74) is 0. The van der Waals surface area contributed by atoms with Gasteiger partial charge >= 0.3 is 35.6 Å². The van der Waals surface area contributed by atoms with E-state index in [1.165, 1.54) is 0 Å². The Balaban J connectivity index is 0. The van der Waals surface area contributed by atoms with Crippen LogP contribution in [0.5, 0.6) is 0 Å². The van der Waals surface area contributed by atoms with E-state index in [1.807, 2.05) is 14.1 Å². The van der Waals surface area contributed by atoms with Crippen molar-refractivity contribution in [1.82, 2.24) is 0 Å². The van der Waals surface area contributed by atoms with E-state index in [-0.39, 0.29) is 0 Å². The maximum absolute atomic E-state index is 5.87. The molecule has 0 aromatic rings. The average Bonchev–Trinajstić information content (AvgIpc) is 2.04. The fraction of sp³-hybridized carbons (Fsp3) is 1.00. The Morgan fingerprint density at radius 2 is 1.14 bits per heavy atom. The molecule has 0 aliphatic carbocycles. The van der Waals surface area contributed by atoms with Gasteiger partial charge in [-0.1, -0.05) is 26.2 Å². The zero-order valence-corrected chi connectivity index (χ0v) is 14.6. The minimum atomic E-state index is -1.74. The molecule has 0 aromatic carbocycles. The van der Waals surface area contributed by atoms with Gasteiger partial charge in [0.05, 0.1) is 17.0 Å². The Morgan fingerprint density at radius 3 is 1.29 bits per heavy atom. The van der Waals surface area contributed by atoms with Crippen molar-refractivity contribution >= 4 is 35.6 Å². The maximum atomic E-state index is 5.87. The first-order chi connectivity index (χ1) is 6.24. The molecule has 0 saturated carbocycles. The van der Waals surface area contributed by atoms with Crippen LogP contribution in [0.4, 0.5) is 0 Å². The van der Waals surface area contributed by atoms with Gasteiger partial charge in [0, 0.05) is 0 Å². The van der Waals surface area contributed by atoms with Crippen LogP contribution in [0.2, 0.25) is 26.2 Å². The Labute approximate surface area is 106 Å². The van der Waals surface area contributed by atoms with Crippen LogP contribution in [0, 0.1) is 0 Å². The second-order valence-electron chi connectivity index (χ2n) is 3.51. The molecule has 0 aromatic heterocycles. The number of hydrogen-bond acceptors (Lipinski definition) is 1. The number of hydrogen-bond donors (Lipinski definition) is 0. The minimum absolute atomic E-state index is 0.556. The van der Waals surface area contributed by atoms with E-state index in [2.05, 4.69) is 36.2 Å². The van der Waals surface area contributed by atoms with Crippen LogP contribution in [0.1, 0.15) is 0 Å². The van der Waals surface area contributed by atoms with Crippen molar-refractivity contribution in [3.05, 3.63) is 9.96 Å². The third kappa shape index (κ3) is 11.7. The molecule has 8 heteroatoms. The van der Waals surface area contributed by atoms with Crippen molar-refractivity contribution in [1.29, 1.82) is 0 Å². The predicted octanol–water partition coefficient (Wildman–Crippen LogP) is 3.79. The van der Waals surface area contributed by atoms with Crippen molar-refractivity contribution in [2.75, 3.05) is 14.1 Å². The van der Waals surface area contributed by atoms with E-state index < -0.39 is 34.0 Å². The molecule has 0 bridgehead atoms. The van der Waals surface area contributed by atoms with Crippen LogP contribution in [-0.2, 0) is 21.1 Å². The summed E-state index contributed by atoms with van der Waals surface area (Å²) in [6.07, 6.45) is 0. The van der Waals surface area contributed by atoms with Crippen molar-refractivity contribution in [3.63, 3.8) is 0 Å². The summed E-state index contributed by atoms with van der Waals surface area (Å²) >= 11 is -0.556. The SMILES string of the molecule is C[N-][Si](C)(C)O[Si](C)(C)[N-]C.[Cl][Ti][Cl]. The average molecular weight is 309 g/mol. The predicted molar refractivity (Wildman–Crippen MR) is 66.3 cm³/mol. The summed E-state index contributed by atoms with van der Waals surface area (Å²) in [5, 5.41) is 0. The third-order valence-corrected chi connectivity index (χ3v) is 7.73. The standard InChI is InChI=1S/C6H18N2OSi2.2ClH.Ti/c1-7-10(3,4)9-11(5,6)8-2;;;/h1-6H3;2*1H;/q-2;;;+2/p-2. The topological polar surface area (TPSA) is 37.4 Å². The molecule has 86 valence electrons. The summed E-state index contributed by atoms with van der Waals surface area (Å²) in [6.45, 7) is 8.36. The van der Waals surface area contributed by atoms with Crippen molar-refractivity contribution in [2.24, 2.45) is 0 Å². The van der Waals surface area contributed by atoms with Gasteiger partial charge in [-0.3, -0.25) is 0 Å². The zero-order valence-electron chi connectivity index (χ0n) is 9.56. The van der Waals surface area contributed by atoms with E-state index in [0.29, 0.717) is 0 Å². The van der Waals surface area contributed by atoms with Gasteiger partial charge in [0.25, 0.3) is 0 Å². The molecular weight excluding hydrogens is 291 g/mol. The first-order valence-electron chi connectivity index (χ1n) is 4.13. The quantitative estimate of drug-likeness (QED) is 0.728. The monoisotopic (exact) mass is 308 g/mol. The third-order valence-electron chi connectivity index (χ3n) is 1.58. The Morgan fingerprint density at radius 1 is 0.929 bits per heavy atom. The molecule has 0 aliphatic rings. The molecule has 0 N–H and O–H groups in total. The van der Waals surface area contributed by atoms with Gasteiger partial charge in [0.15, 0.2) is 0 Å². The van der Waals surface area contributed by atoms with E-state index in [0.717, 1.165) is 0 Å². The Bertz CT molecular complexity index is 138. The van der Waals surface area contributed by atoms with Gasteiger partial charge in [-0.15, -0.1) is 0 Å². The van der Waals surface area contributed by atoms with Crippen LogP contribution in [0.15, 0.2) is 0 Å². The first kappa shape index (κ1) is 18.0.